The van der Waals surface area contributed by atoms with Crippen molar-refractivity contribution >= 4 is 34.5 Å². The topological polar surface area (TPSA) is 46.4 Å². The van der Waals surface area contributed by atoms with Gasteiger partial charge in [0, 0.05) is 11.9 Å². The number of carbonyl (C=O) groups excluding carboxylic acids is 1. The minimum atomic E-state index is -0.347. The number of aromatic nitrogens is 1. The second kappa shape index (κ2) is 7.48. The van der Waals surface area contributed by atoms with Crippen LogP contribution in [0.1, 0.15) is 16.1 Å². The van der Waals surface area contributed by atoms with Gasteiger partial charge >= 0.3 is 0 Å². The average Bonchev–Trinajstić information content (AvgIpc) is 3.16. The highest BCUT2D eigenvalue weighted by atomic mass is 35.5. The van der Waals surface area contributed by atoms with Crippen molar-refractivity contribution in [3.8, 4) is 5.69 Å². The summed E-state index contributed by atoms with van der Waals surface area (Å²) in [4.78, 5) is 12.2. The van der Waals surface area contributed by atoms with Gasteiger partial charge in [-0.25, -0.2) is 5.43 Å². The van der Waals surface area contributed by atoms with E-state index in [2.05, 4.69) is 40.9 Å². The first-order valence-corrected chi connectivity index (χ1v) is 8.85. The summed E-state index contributed by atoms with van der Waals surface area (Å²) in [5.74, 6) is -0.347. The van der Waals surface area contributed by atoms with Gasteiger partial charge in [0.05, 0.1) is 22.5 Å². The molecule has 27 heavy (non-hydrogen) atoms. The van der Waals surface area contributed by atoms with E-state index < -0.39 is 0 Å². The lowest BCUT2D eigenvalue weighted by Gasteiger charge is -2.08. The highest BCUT2D eigenvalue weighted by Gasteiger charge is 2.08. The van der Waals surface area contributed by atoms with Crippen molar-refractivity contribution in [2.75, 3.05) is 0 Å². The number of hydrogen-bond acceptors (Lipinski definition) is 2. The Morgan fingerprint density at radius 3 is 2.56 bits per heavy atom. The summed E-state index contributed by atoms with van der Waals surface area (Å²) in [6, 6.07) is 25.2. The normalized spacial score (nSPS) is 11.1. The van der Waals surface area contributed by atoms with Gasteiger partial charge < -0.3 is 4.57 Å². The second-order valence-electron chi connectivity index (χ2n) is 6.01. The van der Waals surface area contributed by atoms with E-state index in [1.807, 2.05) is 35.0 Å². The summed E-state index contributed by atoms with van der Waals surface area (Å²) in [7, 11) is 0. The number of benzene rings is 3. The fraction of sp³-hybridized carbons (Fsp3) is 0. The molecule has 1 heterocycles. The Labute approximate surface area is 161 Å². The number of nitrogens with one attached hydrogen (secondary N) is 1. The molecule has 5 heteroatoms. The molecule has 0 unspecified atom stereocenters. The van der Waals surface area contributed by atoms with Gasteiger partial charge in [-0.15, -0.1) is 0 Å². The molecule has 0 bridgehead atoms. The SMILES string of the molecule is O=C(N/N=C/c1cccn1-c1ccc2ccccc2c1)c1ccccc1Cl. The molecule has 0 saturated heterocycles. The van der Waals surface area contributed by atoms with Gasteiger partial charge in [-0.05, 0) is 47.2 Å². The third-order valence-corrected chi connectivity index (χ3v) is 4.60. The van der Waals surface area contributed by atoms with E-state index in [0.717, 1.165) is 11.4 Å². The minimum absolute atomic E-state index is 0.347. The zero-order valence-electron chi connectivity index (χ0n) is 14.3. The van der Waals surface area contributed by atoms with Crippen LogP contribution in [0, 0.1) is 0 Å². The van der Waals surface area contributed by atoms with E-state index in [9.17, 15) is 4.79 Å². The fourth-order valence-electron chi connectivity index (χ4n) is 2.92. The molecule has 0 aliphatic rings. The monoisotopic (exact) mass is 373 g/mol. The van der Waals surface area contributed by atoms with Crippen LogP contribution in [0.15, 0.2) is 90.2 Å². The Balaban J connectivity index is 1.55. The van der Waals surface area contributed by atoms with Crippen molar-refractivity contribution in [2.24, 2.45) is 5.10 Å². The van der Waals surface area contributed by atoms with Crippen LogP contribution in [-0.2, 0) is 0 Å². The van der Waals surface area contributed by atoms with Gasteiger partial charge in [0.1, 0.15) is 0 Å². The van der Waals surface area contributed by atoms with Gasteiger partial charge in [-0.2, -0.15) is 5.10 Å². The molecule has 0 spiro atoms. The van der Waals surface area contributed by atoms with Crippen molar-refractivity contribution in [3.63, 3.8) is 0 Å². The Kier molecular flexibility index (Phi) is 4.73. The maximum absolute atomic E-state index is 12.2. The first-order chi connectivity index (χ1) is 13.2. The first-order valence-electron chi connectivity index (χ1n) is 8.47. The number of nitrogens with zero attached hydrogens (tertiary/aromatic N) is 2. The zero-order chi connectivity index (χ0) is 18.6. The lowest BCUT2D eigenvalue weighted by Crippen LogP contribution is -2.18. The van der Waals surface area contributed by atoms with E-state index >= 15 is 0 Å². The quantitative estimate of drug-likeness (QED) is 0.395. The lowest BCUT2D eigenvalue weighted by molar-refractivity contribution is 0.0955. The number of amides is 1. The summed E-state index contributed by atoms with van der Waals surface area (Å²) in [5.41, 5.74) is 4.79. The molecule has 1 N–H and O–H groups in total. The van der Waals surface area contributed by atoms with Crippen LogP contribution in [0.3, 0.4) is 0 Å². The van der Waals surface area contributed by atoms with Crippen molar-refractivity contribution in [2.45, 2.75) is 0 Å². The van der Waals surface area contributed by atoms with Crippen LogP contribution < -0.4 is 5.43 Å². The molecule has 4 rings (SSSR count). The Bertz CT molecular complexity index is 1150. The van der Waals surface area contributed by atoms with Gasteiger partial charge in [0.15, 0.2) is 0 Å². The average molecular weight is 374 g/mol. The molecular weight excluding hydrogens is 358 g/mol. The molecular formula is C22H16ClN3O. The van der Waals surface area contributed by atoms with Crippen LogP contribution in [0.2, 0.25) is 5.02 Å². The highest BCUT2D eigenvalue weighted by Crippen LogP contribution is 2.20. The highest BCUT2D eigenvalue weighted by molar-refractivity contribution is 6.33. The standard InChI is InChI=1S/C22H16ClN3O/c23-21-10-4-3-9-20(21)22(27)25-24-15-19-8-5-13-26(19)18-12-11-16-6-1-2-7-17(16)14-18/h1-15H,(H,25,27)/b24-15+. The summed E-state index contributed by atoms with van der Waals surface area (Å²) in [6.45, 7) is 0. The Morgan fingerprint density at radius 1 is 0.926 bits per heavy atom. The molecule has 0 aliphatic heterocycles. The smallest absolute Gasteiger partial charge is 0.272 e. The fourth-order valence-corrected chi connectivity index (χ4v) is 3.15. The Morgan fingerprint density at radius 2 is 1.70 bits per heavy atom. The van der Waals surface area contributed by atoms with Gasteiger partial charge in [0.25, 0.3) is 5.91 Å². The second-order valence-corrected chi connectivity index (χ2v) is 6.42. The molecule has 0 radical (unpaired) electrons. The van der Waals surface area contributed by atoms with E-state index in [1.165, 1.54) is 10.8 Å². The largest absolute Gasteiger partial charge is 0.316 e. The maximum Gasteiger partial charge on any atom is 0.272 e. The lowest BCUT2D eigenvalue weighted by atomic mass is 10.1. The third-order valence-electron chi connectivity index (χ3n) is 4.27. The molecule has 1 amide bonds. The van der Waals surface area contributed by atoms with Crippen molar-refractivity contribution in [1.82, 2.24) is 9.99 Å². The van der Waals surface area contributed by atoms with E-state index in [0.29, 0.717) is 10.6 Å². The first kappa shape index (κ1) is 17.1. The van der Waals surface area contributed by atoms with Gasteiger partial charge in [-0.3, -0.25) is 4.79 Å². The predicted molar refractivity (Wildman–Crippen MR) is 110 cm³/mol. The van der Waals surface area contributed by atoms with Crippen LogP contribution in [0.25, 0.3) is 16.5 Å². The van der Waals surface area contributed by atoms with E-state index in [1.54, 1.807) is 30.5 Å². The van der Waals surface area contributed by atoms with Crippen LogP contribution in [0.4, 0.5) is 0 Å². The zero-order valence-corrected chi connectivity index (χ0v) is 15.1. The Hall–Kier alpha value is -3.37. The number of rotatable bonds is 4. The number of hydrazone groups is 1. The van der Waals surface area contributed by atoms with Gasteiger partial charge in [0.2, 0.25) is 0 Å². The molecule has 0 atom stereocenters. The summed E-state index contributed by atoms with van der Waals surface area (Å²) in [5, 5.41) is 6.82. The molecule has 0 saturated carbocycles. The van der Waals surface area contributed by atoms with Crippen molar-refractivity contribution < 1.29 is 4.79 Å². The third kappa shape index (κ3) is 3.61. The van der Waals surface area contributed by atoms with E-state index in [4.69, 9.17) is 11.6 Å². The maximum atomic E-state index is 12.2. The van der Waals surface area contributed by atoms with Crippen molar-refractivity contribution in [1.29, 1.82) is 0 Å². The van der Waals surface area contributed by atoms with Crippen LogP contribution in [-0.4, -0.2) is 16.7 Å². The van der Waals surface area contributed by atoms with Gasteiger partial charge in [-0.1, -0.05) is 54.1 Å². The van der Waals surface area contributed by atoms with Crippen LogP contribution >= 0.6 is 11.6 Å². The number of carbonyl (C=O) groups is 1. The molecule has 132 valence electrons. The van der Waals surface area contributed by atoms with E-state index in [-0.39, 0.29) is 5.91 Å². The summed E-state index contributed by atoms with van der Waals surface area (Å²) < 4.78 is 2.01. The van der Waals surface area contributed by atoms with Crippen LogP contribution in [0.5, 0.6) is 0 Å². The number of fused-ring (bicyclic) bond motifs is 1. The summed E-state index contributed by atoms with van der Waals surface area (Å²) in [6.07, 6.45) is 3.57. The van der Waals surface area contributed by atoms with Crippen molar-refractivity contribution in [3.05, 3.63) is 101 Å². The molecule has 4 aromatic rings. The molecule has 1 aromatic heterocycles. The number of hydrogen-bond donors (Lipinski definition) is 1. The summed E-state index contributed by atoms with van der Waals surface area (Å²) >= 11 is 6.03. The molecule has 4 nitrogen and oxygen atoms in total. The minimum Gasteiger partial charge on any atom is -0.316 e. The molecule has 0 aliphatic carbocycles. The predicted octanol–water partition coefficient (Wildman–Crippen LogP) is 5.05. The molecule has 0 fully saturated rings. The number of halogens is 1. The molecule has 3 aromatic carbocycles.